The molecule has 3 heterocycles. The number of carbonyl (C=O) groups excluding carboxylic acids is 1. The van der Waals surface area contributed by atoms with Gasteiger partial charge in [0, 0.05) is 39.7 Å². The number of benzene rings is 2. The third-order valence-corrected chi connectivity index (χ3v) is 6.29. The van der Waals surface area contributed by atoms with Gasteiger partial charge in [-0.25, -0.2) is 0 Å². The summed E-state index contributed by atoms with van der Waals surface area (Å²) in [5.41, 5.74) is 4.14. The first-order valence-corrected chi connectivity index (χ1v) is 11.9. The number of halogens is 1. The number of hydrogen-bond donors (Lipinski definition) is 1. The average Bonchev–Trinajstić information content (AvgIpc) is 3.28. The molecular weight excluding hydrogens is 468 g/mol. The fourth-order valence-corrected chi connectivity index (χ4v) is 4.48. The molecule has 1 amide bonds. The van der Waals surface area contributed by atoms with Gasteiger partial charge in [0.15, 0.2) is 11.0 Å². The fourth-order valence-electron chi connectivity index (χ4n) is 3.60. The number of carbonyl (C=O) groups is 1. The van der Waals surface area contributed by atoms with Gasteiger partial charge in [0.05, 0.1) is 17.0 Å². The number of amides is 1. The van der Waals surface area contributed by atoms with Crippen molar-refractivity contribution in [2.24, 2.45) is 0 Å². The van der Waals surface area contributed by atoms with Crippen LogP contribution in [0, 0.1) is 6.92 Å². The number of fused-ring (bicyclic) bond motifs is 1. The highest BCUT2D eigenvalue weighted by atomic mass is 35.5. The van der Waals surface area contributed by atoms with E-state index in [0.29, 0.717) is 16.0 Å². The summed E-state index contributed by atoms with van der Waals surface area (Å²) in [4.78, 5) is 21.5. The molecule has 3 aromatic heterocycles. The largest absolute Gasteiger partial charge is 0.325 e. The summed E-state index contributed by atoms with van der Waals surface area (Å²) in [5, 5.41) is 13.9. The molecule has 0 aliphatic heterocycles. The summed E-state index contributed by atoms with van der Waals surface area (Å²) in [6.07, 6.45) is 3.41. The lowest BCUT2D eigenvalue weighted by atomic mass is 10.1. The molecule has 1 N–H and O–H groups in total. The maximum Gasteiger partial charge on any atom is 0.234 e. The number of hydrogen-bond acceptors (Lipinski definition) is 6. The summed E-state index contributed by atoms with van der Waals surface area (Å²) in [6.45, 7) is 1.91. The Balaban J connectivity index is 1.41. The number of thioether (sulfide) groups is 1. The van der Waals surface area contributed by atoms with Crippen molar-refractivity contribution in [1.29, 1.82) is 0 Å². The number of aromatic nitrogens is 5. The molecule has 0 spiro atoms. The smallest absolute Gasteiger partial charge is 0.234 e. The van der Waals surface area contributed by atoms with Crippen molar-refractivity contribution >= 4 is 45.9 Å². The minimum absolute atomic E-state index is 0.142. The maximum absolute atomic E-state index is 12.9. The van der Waals surface area contributed by atoms with Crippen LogP contribution >= 0.6 is 23.4 Å². The van der Waals surface area contributed by atoms with Crippen LogP contribution in [0.15, 0.2) is 84.3 Å². The van der Waals surface area contributed by atoms with E-state index in [1.54, 1.807) is 12.4 Å². The molecule has 0 atom stereocenters. The predicted octanol–water partition coefficient (Wildman–Crippen LogP) is 5.57. The molecule has 0 bridgehead atoms. The first-order chi connectivity index (χ1) is 16.6. The van der Waals surface area contributed by atoms with Crippen LogP contribution in [0.5, 0.6) is 0 Å². The van der Waals surface area contributed by atoms with E-state index in [1.807, 2.05) is 78.2 Å². The molecule has 0 saturated carbocycles. The Labute approximate surface area is 205 Å². The highest BCUT2D eigenvalue weighted by molar-refractivity contribution is 7.99. The van der Waals surface area contributed by atoms with Gasteiger partial charge in [-0.15, -0.1) is 10.2 Å². The number of pyridine rings is 2. The van der Waals surface area contributed by atoms with E-state index in [0.717, 1.165) is 33.5 Å². The zero-order valence-corrected chi connectivity index (χ0v) is 19.7. The molecule has 0 radical (unpaired) electrons. The highest BCUT2D eigenvalue weighted by Gasteiger charge is 2.18. The van der Waals surface area contributed by atoms with Gasteiger partial charge in [0.25, 0.3) is 0 Å². The Kier molecular flexibility index (Phi) is 6.24. The minimum atomic E-state index is -0.142. The van der Waals surface area contributed by atoms with Crippen LogP contribution in [0.25, 0.3) is 28.0 Å². The lowest BCUT2D eigenvalue weighted by Gasteiger charge is -2.11. The Bertz CT molecular complexity index is 1470. The van der Waals surface area contributed by atoms with Crippen LogP contribution in [0.3, 0.4) is 0 Å². The van der Waals surface area contributed by atoms with Crippen LogP contribution in [0.4, 0.5) is 5.69 Å². The lowest BCUT2D eigenvalue weighted by Crippen LogP contribution is -2.15. The van der Waals surface area contributed by atoms with Gasteiger partial charge in [-0.3, -0.25) is 19.3 Å². The molecule has 9 heteroatoms. The first kappa shape index (κ1) is 22.1. The van der Waals surface area contributed by atoms with E-state index < -0.39 is 0 Å². The van der Waals surface area contributed by atoms with Crippen LogP contribution < -0.4 is 5.32 Å². The van der Waals surface area contributed by atoms with Gasteiger partial charge in [-0.1, -0.05) is 41.6 Å². The van der Waals surface area contributed by atoms with Gasteiger partial charge >= 0.3 is 0 Å². The van der Waals surface area contributed by atoms with Crippen LogP contribution in [0.1, 0.15) is 5.69 Å². The molecule has 34 heavy (non-hydrogen) atoms. The standard InChI is InChI=1S/C25H19ClN6OS/c1-16-14-22(20-4-2-3-5-21(20)28-16)29-23(33)15-34-25-31-30-24(17-10-12-27-13-11-17)32(25)19-8-6-18(26)7-9-19/h2-14H,15H2,1H3,(H,28,29,33). The van der Waals surface area contributed by atoms with E-state index in [1.165, 1.54) is 11.8 Å². The average molecular weight is 487 g/mol. The molecule has 5 aromatic rings. The first-order valence-electron chi connectivity index (χ1n) is 10.5. The van der Waals surface area contributed by atoms with Crippen LogP contribution in [0.2, 0.25) is 5.02 Å². The van der Waals surface area contributed by atoms with Crippen molar-refractivity contribution in [1.82, 2.24) is 24.7 Å². The number of nitrogens with zero attached hydrogens (tertiary/aromatic N) is 5. The third-order valence-electron chi connectivity index (χ3n) is 5.11. The molecule has 5 rings (SSSR count). The van der Waals surface area contributed by atoms with Gasteiger partial charge in [-0.05, 0) is 55.5 Å². The molecule has 0 aliphatic rings. The summed E-state index contributed by atoms with van der Waals surface area (Å²) < 4.78 is 1.91. The Hall–Kier alpha value is -3.75. The van der Waals surface area contributed by atoms with Crippen molar-refractivity contribution in [3.05, 3.63) is 89.8 Å². The molecule has 2 aromatic carbocycles. The second-order valence-electron chi connectivity index (χ2n) is 7.52. The van der Waals surface area contributed by atoms with E-state index in [9.17, 15) is 4.79 Å². The second-order valence-corrected chi connectivity index (χ2v) is 8.90. The SMILES string of the molecule is Cc1cc(NC(=O)CSc2nnc(-c3ccncc3)n2-c2ccc(Cl)cc2)c2ccccc2n1. The zero-order chi connectivity index (χ0) is 23.5. The van der Waals surface area contributed by atoms with Crippen molar-refractivity contribution in [3.63, 3.8) is 0 Å². The van der Waals surface area contributed by atoms with Crippen LogP contribution in [-0.2, 0) is 4.79 Å². The Morgan fingerprint density at radius 2 is 1.79 bits per heavy atom. The molecular formula is C25H19ClN6OS. The monoisotopic (exact) mass is 486 g/mol. The van der Waals surface area contributed by atoms with Crippen molar-refractivity contribution < 1.29 is 4.79 Å². The normalized spacial score (nSPS) is 11.0. The molecule has 0 saturated heterocycles. The molecule has 168 valence electrons. The molecule has 0 aliphatic carbocycles. The summed E-state index contributed by atoms with van der Waals surface area (Å²) >= 11 is 7.40. The Morgan fingerprint density at radius 1 is 1.03 bits per heavy atom. The number of anilines is 1. The van der Waals surface area contributed by atoms with Gasteiger partial charge in [0.1, 0.15) is 0 Å². The zero-order valence-electron chi connectivity index (χ0n) is 18.1. The fraction of sp³-hybridized carbons (Fsp3) is 0.0800. The van der Waals surface area contributed by atoms with E-state index in [2.05, 4.69) is 25.5 Å². The van der Waals surface area contributed by atoms with Gasteiger partial charge in [0.2, 0.25) is 5.91 Å². The number of nitrogens with one attached hydrogen (secondary N) is 1. The second kappa shape index (κ2) is 9.62. The van der Waals surface area contributed by atoms with Crippen molar-refractivity contribution in [2.45, 2.75) is 12.1 Å². The topological polar surface area (TPSA) is 85.6 Å². The van der Waals surface area contributed by atoms with E-state index >= 15 is 0 Å². The maximum atomic E-state index is 12.9. The molecule has 7 nitrogen and oxygen atoms in total. The van der Waals surface area contributed by atoms with E-state index in [-0.39, 0.29) is 11.7 Å². The number of aryl methyl sites for hydroxylation is 1. The summed E-state index contributed by atoms with van der Waals surface area (Å²) in [5.74, 6) is 0.679. The lowest BCUT2D eigenvalue weighted by molar-refractivity contribution is -0.113. The highest BCUT2D eigenvalue weighted by Crippen LogP contribution is 2.29. The van der Waals surface area contributed by atoms with Gasteiger partial charge in [-0.2, -0.15) is 0 Å². The predicted molar refractivity (Wildman–Crippen MR) is 135 cm³/mol. The van der Waals surface area contributed by atoms with Crippen molar-refractivity contribution in [3.8, 4) is 17.1 Å². The molecule has 0 fully saturated rings. The number of para-hydroxylation sites is 1. The number of rotatable bonds is 6. The Morgan fingerprint density at radius 3 is 2.59 bits per heavy atom. The minimum Gasteiger partial charge on any atom is -0.325 e. The van der Waals surface area contributed by atoms with Crippen molar-refractivity contribution in [2.75, 3.05) is 11.1 Å². The third kappa shape index (κ3) is 4.64. The quantitative estimate of drug-likeness (QED) is 0.316. The summed E-state index contributed by atoms with van der Waals surface area (Å²) in [6, 6.07) is 20.8. The van der Waals surface area contributed by atoms with Gasteiger partial charge < -0.3 is 5.32 Å². The molecule has 0 unspecified atom stereocenters. The summed E-state index contributed by atoms with van der Waals surface area (Å²) in [7, 11) is 0. The van der Waals surface area contributed by atoms with Crippen LogP contribution in [-0.4, -0.2) is 36.4 Å². The van der Waals surface area contributed by atoms with E-state index in [4.69, 9.17) is 11.6 Å².